The van der Waals surface area contributed by atoms with Gasteiger partial charge >= 0.3 is 15.6 Å². The van der Waals surface area contributed by atoms with Crippen molar-refractivity contribution in [2.45, 2.75) is 30.3 Å². The largest absolute Gasteiger partial charge is 0.536 e. The first-order chi connectivity index (χ1) is 21.4. The lowest BCUT2D eigenvalue weighted by Gasteiger charge is -2.09. The van der Waals surface area contributed by atoms with Crippen LogP contribution >= 0.6 is 23.4 Å². The van der Waals surface area contributed by atoms with Crippen LogP contribution in [0.5, 0.6) is 0 Å². The van der Waals surface area contributed by atoms with Gasteiger partial charge in [0.05, 0.1) is 0 Å². The number of nitrogens with zero attached hydrogens (tertiary/aromatic N) is 2. The monoisotopic (exact) mass is 672 g/mol. The topological polar surface area (TPSA) is 94.8 Å². The molecule has 5 aromatic rings. The van der Waals surface area contributed by atoms with Gasteiger partial charge in [-0.2, -0.15) is 21.6 Å². The maximum Gasteiger partial charge on any atom is 0.536 e. The van der Waals surface area contributed by atoms with Gasteiger partial charge in [0.1, 0.15) is 5.71 Å². The molecule has 0 aliphatic carbocycles. The minimum atomic E-state index is -6.09. The van der Waals surface area contributed by atoms with Crippen molar-refractivity contribution in [2.75, 3.05) is 5.75 Å². The van der Waals surface area contributed by atoms with Crippen LogP contribution in [-0.4, -0.2) is 41.5 Å². The molecule has 0 atom stereocenters. The summed E-state index contributed by atoms with van der Waals surface area (Å²) in [7, 11) is -6.09. The summed E-state index contributed by atoms with van der Waals surface area (Å²) in [6, 6.07) is 25.6. The highest BCUT2D eigenvalue weighted by atomic mass is 35.5. The summed E-state index contributed by atoms with van der Waals surface area (Å²) in [6.45, 7) is 2.53. The quantitative estimate of drug-likeness (QED) is 0.0461. The van der Waals surface area contributed by atoms with Crippen molar-refractivity contribution in [2.24, 2.45) is 5.16 Å². The molecule has 45 heavy (non-hydrogen) atoms. The highest BCUT2D eigenvalue weighted by molar-refractivity contribution is 7.99. The number of ketones is 2. The van der Waals surface area contributed by atoms with Crippen molar-refractivity contribution in [3.05, 3.63) is 113 Å². The Bertz CT molecular complexity index is 2040. The zero-order chi connectivity index (χ0) is 32.4. The number of alkyl halides is 3. The number of halogens is 4. The Labute approximate surface area is 265 Å². The average Bonchev–Trinajstić information content (AvgIpc) is 3.35. The Hall–Kier alpha value is -4.13. The number of fused-ring (bicyclic) bond motifs is 3. The SMILES string of the molecule is CCn1c2ccc(C(=O)/C(CCSc3ccc(Cl)cc3)=N/OS(=O)(=O)C(F)(F)F)cc2c2cc(C(=O)c3ccccc3)ccc21. The first kappa shape index (κ1) is 32.3. The molecule has 0 bridgehead atoms. The van der Waals surface area contributed by atoms with Crippen molar-refractivity contribution in [3.63, 3.8) is 0 Å². The van der Waals surface area contributed by atoms with Gasteiger partial charge in [-0.05, 0) is 67.6 Å². The van der Waals surface area contributed by atoms with Gasteiger partial charge in [-0.15, -0.1) is 11.8 Å². The zero-order valence-electron chi connectivity index (χ0n) is 23.5. The van der Waals surface area contributed by atoms with E-state index in [1.807, 2.05) is 23.6 Å². The van der Waals surface area contributed by atoms with Gasteiger partial charge in [-0.25, -0.2) is 0 Å². The number of thioether (sulfide) groups is 1. The molecule has 0 spiro atoms. The number of oxime groups is 1. The molecule has 0 unspecified atom stereocenters. The lowest BCUT2D eigenvalue weighted by Crippen LogP contribution is -2.25. The first-order valence-corrected chi connectivity index (χ1v) is 16.3. The fraction of sp³-hybridized carbons (Fsp3) is 0.156. The molecule has 1 heterocycles. The van der Waals surface area contributed by atoms with E-state index in [9.17, 15) is 31.2 Å². The Balaban J connectivity index is 1.52. The van der Waals surface area contributed by atoms with Gasteiger partial charge in [-0.3, -0.25) is 13.9 Å². The van der Waals surface area contributed by atoms with Crippen LogP contribution in [0.1, 0.15) is 39.6 Å². The van der Waals surface area contributed by atoms with E-state index in [1.54, 1.807) is 72.8 Å². The van der Waals surface area contributed by atoms with Crippen molar-refractivity contribution in [3.8, 4) is 0 Å². The standard InChI is InChI=1S/C32H24ClF3N2O5S2/c1-2-38-28-14-8-21(30(39)20-6-4-3-5-7-20)18-25(28)26-19-22(9-15-29(26)38)31(40)27(37-43-45(41,42)32(34,35)36)16-17-44-24-12-10-23(33)11-13-24/h3-15,18-19H,2,16-17H2,1H3/b37-27+. The molecule has 7 nitrogen and oxygen atoms in total. The number of benzene rings is 4. The molecule has 0 amide bonds. The molecule has 0 fully saturated rings. The molecular weight excluding hydrogens is 649 g/mol. The number of hydrogen-bond donors (Lipinski definition) is 0. The van der Waals surface area contributed by atoms with Crippen LogP contribution in [0.25, 0.3) is 21.8 Å². The zero-order valence-corrected chi connectivity index (χ0v) is 25.9. The first-order valence-electron chi connectivity index (χ1n) is 13.5. The van der Waals surface area contributed by atoms with Crippen molar-refractivity contribution < 1.29 is 35.5 Å². The second-order valence-electron chi connectivity index (χ2n) is 9.80. The van der Waals surface area contributed by atoms with E-state index in [0.717, 1.165) is 15.9 Å². The molecule has 0 saturated heterocycles. The number of carbonyl (C=O) groups is 2. The minimum Gasteiger partial charge on any atom is -0.341 e. The molecule has 5 rings (SSSR count). The normalized spacial score (nSPS) is 12.5. The maximum atomic E-state index is 13.6. The van der Waals surface area contributed by atoms with Crippen LogP contribution in [0.15, 0.2) is 101 Å². The number of rotatable bonds is 11. The fourth-order valence-electron chi connectivity index (χ4n) is 4.78. The Kier molecular flexibility index (Phi) is 9.38. The number of Topliss-reactive ketones (excluding diaryl/α,β-unsaturated/α-hetero) is 1. The van der Waals surface area contributed by atoms with E-state index in [4.69, 9.17) is 11.6 Å². The number of carbonyl (C=O) groups excluding carboxylic acids is 2. The van der Waals surface area contributed by atoms with Gasteiger partial charge in [-0.1, -0.05) is 47.1 Å². The number of hydrogen-bond acceptors (Lipinski definition) is 7. The Morgan fingerprint density at radius 1 is 0.867 bits per heavy atom. The molecule has 4 aromatic carbocycles. The average molecular weight is 673 g/mol. The smallest absolute Gasteiger partial charge is 0.341 e. The van der Waals surface area contributed by atoms with Crippen LogP contribution < -0.4 is 0 Å². The summed E-state index contributed by atoms with van der Waals surface area (Å²) >= 11 is 7.18. The van der Waals surface area contributed by atoms with Crippen LogP contribution in [-0.2, 0) is 20.9 Å². The minimum absolute atomic E-state index is 0.0562. The van der Waals surface area contributed by atoms with E-state index < -0.39 is 27.1 Å². The van der Waals surface area contributed by atoms with E-state index in [-0.39, 0.29) is 23.5 Å². The number of aryl methyl sites for hydroxylation is 1. The molecule has 0 saturated carbocycles. The summed E-state index contributed by atoms with van der Waals surface area (Å²) in [4.78, 5) is 27.6. The van der Waals surface area contributed by atoms with Gasteiger partial charge in [0.25, 0.3) is 0 Å². The van der Waals surface area contributed by atoms with Crippen LogP contribution in [0.3, 0.4) is 0 Å². The summed E-state index contributed by atoms with van der Waals surface area (Å²) < 4.78 is 68.0. The lowest BCUT2D eigenvalue weighted by molar-refractivity contribution is -0.0541. The second-order valence-corrected chi connectivity index (χ2v) is 12.9. The third kappa shape index (κ3) is 6.92. The van der Waals surface area contributed by atoms with E-state index in [2.05, 4.69) is 9.44 Å². The van der Waals surface area contributed by atoms with E-state index in [1.165, 1.54) is 17.8 Å². The van der Waals surface area contributed by atoms with Crippen LogP contribution in [0.4, 0.5) is 13.2 Å². The summed E-state index contributed by atoms with van der Waals surface area (Å²) in [5.74, 6) is -0.818. The highest BCUT2D eigenvalue weighted by Gasteiger charge is 2.49. The Morgan fingerprint density at radius 2 is 1.47 bits per heavy atom. The van der Waals surface area contributed by atoms with Crippen molar-refractivity contribution in [1.29, 1.82) is 0 Å². The second kappa shape index (κ2) is 13.1. The predicted octanol–water partition coefficient (Wildman–Crippen LogP) is 8.29. The molecule has 0 aliphatic heterocycles. The van der Waals surface area contributed by atoms with Gasteiger partial charge < -0.3 is 4.57 Å². The molecule has 0 radical (unpaired) electrons. The number of aromatic nitrogens is 1. The van der Waals surface area contributed by atoms with Gasteiger partial charge in [0, 0.05) is 67.1 Å². The molecular formula is C32H24ClF3N2O5S2. The Morgan fingerprint density at radius 3 is 2.07 bits per heavy atom. The highest BCUT2D eigenvalue weighted by Crippen LogP contribution is 2.32. The maximum absolute atomic E-state index is 13.6. The third-order valence-electron chi connectivity index (χ3n) is 6.95. The summed E-state index contributed by atoms with van der Waals surface area (Å²) in [5.41, 5.74) is -3.65. The molecule has 0 aliphatic rings. The fourth-order valence-corrected chi connectivity index (χ4v) is 6.04. The predicted molar refractivity (Wildman–Crippen MR) is 170 cm³/mol. The van der Waals surface area contributed by atoms with Gasteiger partial charge in [0.2, 0.25) is 5.78 Å². The lowest BCUT2D eigenvalue weighted by atomic mass is 9.99. The molecule has 1 aromatic heterocycles. The van der Waals surface area contributed by atoms with Gasteiger partial charge in [0.15, 0.2) is 5.78 Å². The summed E-state index contributed by atoms with van der Waals surface area (Å²) in [6.07, 6.45) is -0.204. The molecule has 13 heteroatoms. The molecule has 0 N–H and O–H groups in total. The van der Waals surface area contributed by atoms with Crippen LogP contribution in [0.2, 0.25) is 5.02 Å². The van der Waals surface area contributed by atoms with Crippen molar-refractivity contribution >= 4 is 72.6 Å². The third-order valence-corrected chi connectivity index (χ3v) is 9.06. The van der Waals surface area contributed by atoms with E-state index in [0.29, 0.717) is 33.5 Å². The van der Waals surface area contributed by atoms with E-state index >= 15 is 0 Å². The summed E-state index contributed by atoms with van der Waals surface area (Å²) in [5, 5.41) is 5.02. The molecule has 232 valence electrons. The van der Waals surface area contributed by atoms with Crippen LogP contribution in [0, 0.1) is 0 Å². The van der Waals surface area contributed by atoms with Crippen molar-refractivity contribution in [1.82, 2.24) is 4.57 Å².